The molecule has 2 N–H and O–H groups in total. The molecule has 0 saturated carbocycles. The van der Waals surface area contributed by atoms with Crippen molar-refractivity contribution in [3.8, 4) is 0 Å². The predicted octanol–water partition coefficient (Wildman–Crippen LogP) is 2.66. The largest absolute Gasteiger partial charge is 0.515 e. The number of allylic oxidation sites excluding steroid dienone is 3. The zero-order valence-electron chi connectivity index (χ0n) is 8.70. The summed E-state index contributed by atoms with van der Waals surface area (Å²) in [5, 5.41) is 17.9. The van der Waals surface area contributed by atoms with Gasteiger partial charge in [0.05, 0.1) is 6.26 Å². The van der Waals surface area contributed by atoms with Crippen molar-refractivity contribution < 1.29 is 10.2 Å². The van der Waals surface area contributed by atoms with Gasteiger partial charge < -0.3 is 10.2 Å². The summed E-state index contributed by atoms with van der Waals surface area (Å²) in [6.45, 7) is 6.26. The average Bonchev–Trinajstić information content (AvgIpc) is 2.10. The van der Waals surface area contributed by atoms with Gasteiger partial charge in [0.25, 0.3) is 0 Å². The van der Waals surface area contributed by atoms with Crippen LogP contribution in [0.1, 0.15) is 27.2 Å². The van der Waals surface area contributed by atoms with Crippen molar-refractivity contribution in [1.82, 2.24) is 0 Å². The van der Waals surface area contributed by atoms with Crippen molar-refractivity contribution in [1.29, 1.82) is 0 Å². The lowest BCUT2D eigenvalue weighted by molar-refractivity contribution is 0.247. The average molecular weight is 184 g/mol. The Morgan fingerprint density at radius 2 is 2.00 bits per heavy atom. The van der Waals surface area contributed by atoms with E-state index in [1.165, 1.54) is 0 Å². The van der Waals surface area contributed by atoms with E-state index in [1.807, 2.05) is 19.1 Å². The molecule has 0 aliphatic rings. The Kier molecular flexibility index (Phi) is 6.33. The highest BCUT2D eigenvalue weighted by molar-refractivity contribution is 5.19. The van der Waals surface area contributed by atoms with Gasteiger partial charge in [-0.25, -0.2) is 0 Å². The molecule has 0 aromatic heterocycles. The molecule has 1 unspecified atom stereocenters. The molecule has 0 amide bonds. The highest BCUT2D eigenvalue weighted by atomic mass is 16.3. The highest BCUT2D eigenvalue weighted by Gasteiger charge is 2.15. The van der Waals surface area contributed by atoms with Gasteiger partial charge in [-0.05, 0) is 30.8 Å². The first-order valence-corrected chi connectivity index (χ1v) is 4.75. The molecule has 76 valence electrons. The quantitative estimate of drug-likeness (QED) is 0.509. The smallest absolute Gasteiger partial charge is 0.0826 e. The molecular weight excluding hydrogens is 164 g/mol. The van der Waals surface area contributed by atoms with Crippen LogP contribution in [0.5, 0.6) is 0 Å². The van der Waals surface area contributed by atoms with E-state index in [0.29, 0.717) is 12.3 Å². The van der Waals surface area contributed by atoms with Gasteiger partial charge in [0.15, 0.2) is 0 Å². The van der Waals surface area contributed by atoms with Crippen LogP contribution < -0.4 is 0 Å². The number of aliphatic hydroxyl groups excluding tert-OH is 2. The molecule has 0 radical (unpaired) electrons. The Balaban J connectivity index is 4.49. The first-order valence-electron chi connectivity index (χ1n) is 4.75. The summed E-state index contributed by atoms with van der Waals surface area (Å²) in [7, 11) is 0. The summed E-state index contributed by atoms with van der Waals surface area (Å²) in [5.74, 6) is 0.674. The van der Waals surface area contributed by atoms with Crippen LogP contribution in [0.4, 0.5) is 0 Å². The lowest BCUT2D eigenvalue weighted by atomic mass is 9.86. The van der Waals surface area contributed by atoms with E-state index in [-0.39, 0.29) is 12.5 Å². The van der Waals surface area contributed by atoms with Gasteiger partial charge >= 0.3 is 0 Å². The van der Waals surface area contributed by atoms with Crippen LogP contribution in [0.15, 0.2) is 24.0 Å². The Labute approximate surface area is 80.6 Å². The summed E-state index contributed by atoms with van der Waals surface area (Å²) in [5.41, 5.74) is 0.895. The fourth-order valence-electron chi connectivity index (χ4n) is 1.48. The Morgan fingerprint density at radius 3 is 2.31 bits per heavy atom. The van der Waals surface area contributed by atoms with Crippen molar-refractivity contribution >= 4 is 0 Å². The minimum absolute atomic E-state index is 0.164. The molecular formula is C11H20O2. The van der Waals surface area contributed by atoms with Crippen molar-refractivity contribution in [3.05, 3.63) is 24.0 Å². The highest BCUT2D eigenvalue weighted by Crippen LogP contribution is 2.24. The molecule has 0 aliphatic carbocycles. The maximum Gasteiger partial charge on any atom is 0.0826 e. The molecule has 0 aromatic carbocycles. The number of hydrogen-bond acceptors (Lipinski definition) is 2. The second-order valence-corrected chi connectivity index (χ2v) is 3.49. The molecule has 1 atom stereocenters. The zero-order chi connectivity index (χ0) is 10.3. The first kappa shape index (κ1) is 12.2. The molecule has 0 aromatic rings. The maximum absolute atomic E-state index is 9.01. The van der Waals surface area contributed by atoms with Crippen molar-refractivity contribution in [3.63, 3.8) is 0 Å². The molecule has 2 nitrogen and oxygen atoms in total. The molecule has 0 heterocycles. The van der Waals surface area contributed by atoms with Crippen LogP contribution in [0, 0.1) is 11.8 Å². The maximum atomic E-state index is 9.01. The Hall–Kier alpha value is -0.760. The third-order valence-electron chi connectivity index (χ3n) is 2.18. The van der Waals surface area contributed by atoms with Crippen molar-refractivity contribution in [2.75, 3.05) is 6.61 Å². The van der Waals surface area contributed by atoms with Crippen molar-refractivity contribution in [2.24, 2.45) is 11.8 Å². The Morgan fingerprint density at radius 1 is 1.38 bits per heavy atom. The van der Waals surface area contributed by atoms with E-state index in [1.54, 1.807) is 0 Å². The molecule has 0 fully saturated rings. The summed E-state index contributed by atoms with van der Waals surface area (Å²) in [4.78, 5) is 0. The monoisotopic (exact) mass is 184 g/mol. The lowest BCUT2D eigenvalue weighted by Gasteiger charge is -2.20. The molecule has 0 saturated heterocycles. The number of rotatable bonds is 5. The molecule has 0 rings (SSSR count). The molecule has 0 spiro atoms. The van der Waals surface area contributed by atoms with E-state index in [2.05, 4.69) is 13.8 Å². The second-order valence-electron chi connectivity index (χ2n) is 3.49. The van der Waals surface area contributed by atoms with Crippen LogP contribution in [0.2, 0.25) is 0 Å². The minimum atomic E-state index is 0.164. The SMILES string of the molecule is C/C=C/C(=C/O)C(CCO)C(C)C. The van der Waals surface area contributed by atoms with Gasteiger partial charge in [0.1, 0.15) is 0 Å². The number of aliphatic hydroxyl groups is 2. The van der Waals surface area contributed by atoms with Crippen LogP contribution in [0.25, 0.3) is 0 Å². The molecule has 13 heavy (non-hydrogen) atoms. The van der Waals surface area contributed by atoms with Crippen LogP contribution in [-0.4, -0.2) is 16.8 Å². The van der Waals surface area contributed by atoms with E-state index >= 15 is 0 Å². The third-order valence-corrected chi connectivity index (χ3v) is 2.18. The van der Waals surface area contributed by atoms with E-state index in [9.17, 15) is 0 Å². The minimum Gasteiger partial charge on any atom is -0.515 e. The van der Waals surface area contributed by atoms with E-state index in [4.69, 9.17) is 10.2 Å². The number of hydrogen-bond donors (Lipinski definition) is 2. The fraction of sp³-hybridized carbons (Fsp3) is 0.636. The van der Waals surface area contributed by atoms with E-state index < -0.39 is 0 Å². The topological polar surface area (TPSA) is 40.5 Å². The molecule has 0 bridgehead atoms. The lowest BCUT2D eigenvalue weighted by Crippen LogP contribution is -2.12. The van der Waals surface area contributed by atoms with Gasteiger partial charge in [0, 0.05) is 6.61 Å². The van der Waals surface area contributed by atoms with E-state index in [0.717, 1.165) is 11.8 Å². The van der Waals surface area contributed by atoms with Crippen LogP contribution in [-0.2, 0) is 0 Å². The van der Waals surface area contributed by atoms with Gasteiger partial charge in [-0.3, -0.25) is 0 Å². The zero-order valence-corrected chi connectivity index (χ0v) is 8.70. The standard InChI is InChI=1S/C11H20O2/c1-4-5-10(8-13)11(6-7-12)9(2)3/h4-5,8-9,11-13H,6-7H2,1-3H3/b5-4+,10-8-. The van der Waals surface area contributed by atoms with Crippen molar-refractivity contribution in [2.45, 2.75) is 27.2 Å². The summed E-state index contributed by atoms with van der Waals surface area (Å²) in [6.07, 6.45) is 5.63. The summed E-state index contributed by atoms with van der Waals surface area (Å²) in [6, 6.07) is 0. The Bertz CT molecular complexity index is 181. The molecule has 0 aliphatic heterocycles. The predicted molar refractivity (Wildman–Crippen MR) is 55.6 cm³/mol. The fourth-order valence-corrected chi connectivity index (χ4v) is 1.48. The van der Waals surface area contributed by atoms with Gasteiger partial charge in [-0.2, -0.15) is 0 Å². The second kappa shape index (κ2) is 6.72. The van der Waals surface area contributed by atoms with Gasteiger partial charge in [-0.1, -0.05) is 26.0 Å². The summed E-state index contributed by atoms with van der Waals surface area (Å²) < 4.78 is 0. The first-order chi connectivity index (χ1) is 6.17. The van der Waals surface area contributed by atoms with Gasteiger partial charge in [0.2, 0.25) is 0 Å². The van der Waals surface area contributed by atoms with Gasteiger partial charge in [-0.15, -0.1) is 0 Å². The van der Waals surface area contributed by atoms with Crippen LogP contribution in [0.3, 0.4) is 0 Å². The van der Waals surface area contributed by atoms with Crippen LogP contribution >= 0.6 is 0 Å². The normalized spacial score (nSPS) is 15.6. The summed E-state index contributed by atoms with van der Waals surface area (Å²) >= 11 is 0. The third kappa shape index (κ3) is 4.13. The molecule has 2 heteroatoms.